The molecule has 0 spiro atoms. The van der Waals surface area contributed by atoms with Crippen molar-refractivity contribution in [3.05, 3.63) is 104 Å². The Kier molecular flexibility index (Phi) is 8.86. The van der Waals surface area contributed by atoms with Gasteiger partial charge in [0.15, 0.2) is 16.6 Å². The number of aromatic nitrogens is 5. The van der Waals surface area contributed by atoms with Crippen molar-refractivity contribution < 1.29 is 4.79 Å². The Labute approximate surface area is 240 Å². The summed E-state index contributed by atoms with van der Waals surface area (Å²) in [4.78, 5) is 28.4. The minimum atomic E-state index is -0.646. The Morgan fingerprint density at radius 3 is 2.54 bits per heavy atom. The molecule has 1 amide bonds. The largest absolute Gasteiger partial charge is 0.381 e. The van der Waals surface area contributed by atoms with Gasteiger partial charge < -0.3 is 11.5 Å². The fraction of sp³-hybridized carbons (Fsp3) is 0.133. The van der Waals surface area contributed by atoms with Crippen molar-refractivity contribution in [1.29, 1.82) is 0 Å². The molecule has 2 aromatic carbocycles. The molecule has 0 aliphatic rings. The summed E-state index contributed by atoms with van der Waals surface area (Å²) in [6, 6.07) is 17.6. The Morgan fingerprint density at radius 2 is 1.90 bits per heavy atom. The zero-order valence-corrected chi connectivity index (χ0v) is 23.6. The number of para-hydroxylation sites is 1. The van der Waals surface area contributed by atoms with Crippen molar-refractivity contribution in [2.75, 3.05) is 5.73 Å². The molecule has 0 fully saturated rings. The number of primary amides is 1. The second kappa shape index (κ2) is 12.7. The average molecular weight is 565 g/mol. The molecule has 3 aromatic heterocycles. The standard InChI is InChI=1S/C22H17N3OS.C8H11N5O/c1-3-18-14-17-9-7-8-16(12-13-20-24-23-15(2)27-20)21(17)22(26)25(18)19-10-5-4-6-11-19;1-3-4-11-8-5(7(10)14)6(9)12-13(8)2/h4-11,14H,3H2,1-2H3;3-4H,1H2,2H3,(H2,9,12)(H2,10,14)/b;11-4-. The normalized spacial score (nSPS) is 10.6. The number of aliphatic imine (C=N–C) groups is 1. The number of hydrogen-bond donors (Lipinski definition) is 2. The molecule has 0 atom stereocenters. The Hall–Kier alpha value is -5.34. The zero-order valence-electron chi connectivity index (χ0n) is 22.8. The first-order valence-electron chi connectivity index (χ1n) is 12.6. The highest BCUT2D eigenvalue weighted by Crippen LogP contribution is 2.23. The number of pyridine rings is 1. The number of benzene rings is 2. The predicted molar refractivity (Wildman–Crippen MR) is 164 cm³/mol. The highest BCUT2D eigenvalue weighted by atomic mass is 32.1. The molecular formula is C30H28N8O2S. The van der Waals surface area contributed by atoms with Gasteiger partial charge in [0.05, 0.1) is 5.39 Å². The van der Waals surface area contributed by atoms with Crippen molar-refractivity contribution in [2.24, 2.45) is 17.8 Å². The number of allylic oxidation sites excluding steroid dienone is 1. The number of amides is 1. The lowest BCUT2D eigenvalue weighted by Crippen LogP contribution is -2.22. The first-order chi connectivity index (χ1) is 19.7. The number of rotatable bonds is 5. The van der Waals surface area contributed by atoms with Gasteiger partial charge in [-0.3, -0.25) is 14.2 Å². The molecule has 41 heavy (non-hydrogen) atoms. The van der Waals surface area contributed by atoms with Crippen molar-refractivity contribution in [1.82, 2.24) is 24.5 Å². The van der Waals surface area contributed by atoms with E-state index in [-0.39, 0.29) is 16.9 Å². The smallest absolute Gasteiger partial charge is 0.264 e. The second-order valence-electron chi connectivity index (χ2n) is 8.70. The zero-order chi connectivity index (χ0) is 29.5. The van der Waals surface area contributed by atoms with Crippen LogP contribution >= 0.6 is 11.3 Å². The van der Waals surface area contributed by atoms with E-state index in [4.69, 9.17) is 11.5 Å². The van der Waals surface area contributed by atoms with E-state index in [0.29, 0.717) is 21.8 Å². The molecule has 0 saturated carbocycles. The number of nitrogens with zero attached hydrogens (tertiary/aromatic N) is 6. The van der Waals surface area contributed by atoms with Gasteiger partial charge in [0.2, 0.25) is 0 Å². The van der Waals surface area contributed by atoms with Crippen LogP contribution in [0, 0.1) is 18.8 Å². The highest BCUT2D eigenvalue weighted by Gasteiger charge is 2.17. The molecule has 5 aromatic rings. The van der Waals surface area contributed by atoms with Crippen molar-refractivity contribution in [2.45, 2.75) is 20.3 Å². The van der Waals surface area contributed by atoms with E-state index < -0.39 is 5.91 Å². The molecule has 0 aliphatic heterocycles. The summed E-state index contributed by atoms with van der Waals surface area (Å²) in [5.41, 5.74) is 13.2. The molecule has 0 unspecified atom stereocenters. The van der Waals surface area contributed by atoms with Crippen molar-refractivity contribution >= 4 is 45.9 Å². The molecule has 5 rings (SSSR count). The van der Waals surface area contributed by atoms with Crippen LogP contribution in [0.3, 0.4) is 0 Å². The summed E-state index contributed by atoms with van der Waals surface area (Å²) in [5.74, 6) is 5.92. The van der Waals surface area contributed by atoms with E-state index in [1.807, 2.05) is 55.5 Å². The van der Waals surface area contributed by atoms with Crippen molar-refractivity contribution in [3.63, 3.8) is 0 Å². The lowest BCUT2D eigenvalue weighted by atomic mass is 10.0. The number of nitrogen functional groups attached to an aromatic ring is 1. The maximum atomic E-state index is 13.4. The van der Waals surface area contributed by atoms with Gasteiger partial charge in [0, 0.05) is 30.2 Å². The minimum Gasteiger partial charge on any atom is -0.381 e. The van der Waals surface area contributed by atoms with Gasteiger partial charge in [0.1, 0.15) is 10.6 Å². The van der Waals surface area contributed by atoms with Gasteiger partial charge >= 0.3 is 0 Å². The molecule has 0 aliphatic carbocycles. The molecule has 10 nitrogen and oxygen atoms in total. The Bertz CT molecular complexity index is 1890. The van der Waals surface area contributed by atoms with Crippen LogP contribution in [0.4, 0.5) is 11.6 Å². The number of carbonyl (C=O) groups excluding carboxylic acids is 1. The van der Waals surface area contributed by atoms with Crippen LogP contribution in [-0.2, 0) is 13.5 Å². The van der Waals surface area contributed by atoms with Crippen LogP contribution in [0.1, 0.15) is 38.6 Å². The van der Waals surface area contributed by atoms with E-state index in [2.05, 4.69) is 51.7 Å². The molecule has 0 saturated heterocycles. The number of carbonyl (C=O) groups is 1. The average Bonchev–Trinajstić information content (AvgIpc) is 3.51. The topological polar surface area (TPSA) is 147 Å². The highest BCUT2D eigenvalue weighted by molar-refractivity contribution is 7.11. The maximum Gasteiger partial charge on any atom is 0.264 e. The monoisotopic (exact) mass is 564 g/mol. The van der Waals surface area contributed by atoms with Gasteiger partial charge in [-0.1, -0.05) is 67.2 Å². The third-order valence-electron chi connectivity index (χ3n) is 5.92. The summed E-state index contributed by atoms with van der Waals surface area (Å²) < 4.78 is 3.16. The quantitative estimate of drug-likeness (QED) is 0.243. The van der Waals surface area contributed by atoms with E-state index in [1.165, 1.54) is 28.3 Å². The summed E-state index contributed by atoms with van der Waals surface area (Å²) in [5, 5.41) is 14.9. The minimum absolute atomic E-state index is 0.0473. The molecule has 4 N–H and O–H groups in total. The summed E-state index contributed by atoms with van der Waals surface area (Å²) >= 11 is 1.44. The molecule has 0 bridgehead atoms. The van der Waals surface area contributed by atoms with E-state index in [9.17, 15) is 9.59 Å². The first kappa shape index (κ1) is 28.7. The van der Waals surface area contributed by atoms with Crippen LogP contribution in [-0.4, -0.2) is 36.7 Å². The number of fused-ring (bicyclic) bond motifs is 1. The maximum absolute atomic E-state index is 13.4. The van der Waals surface area contributed by atoms with Crippen LogP contribution in [0.25, 0.3) is 16.5 Å². The van der Waals surface area contributed by atoms with E-state index in [1.54, 1.807) is 11.6 Å². The van der Waals surface area contributed by atoms with Gasteiger partial charge in [-0.15, -0.1) is 10.2 Å². The lowest BCUT2D eigenvalue weighted by molar-refractivity contribution is 0.100. The molecule has 3 heterocycles. The van der Waals surface area contributed by atoms with Gasteiger partial charge in [-0.2, -0.15) is 5.10 Å². The predicted octanol–water partition coefficient (Wildman–Crippen LogP) is 4.10. The van der Waals surface area contributed by atoms with Crippen molar-refractivity contribution in [3.8, 4) is 17.5 Å². The van der Waals surface area contributed by atoms with Gasteiger partial charge in [0.25, 0.3) is 11.5 Å². The van der Waals surface area contributed by atoms with Crippen LogP contribution in [0.15, 0.2) is 77.0 Å². The Balaban J connectivity index is 0.000000234. The summed E-state index contributed by atoms with van der Waals surface area (Å²) in [7, 11) is 1.62. The summed E-state index contributed by atoms with van der Waals surface area (Å²) in [6.45, 7) is 7.41. The van der Waals surface area contributed by atoms with Crippen LogP contribution < -0.4 is 17.0 Å². The van der Waals surface area contributed by atoms with Crippen LogP contribution in [0.2, 0.25) is 0 Å². The summed E-state index contributed by atoms with van der Waals surface area (Å²) in [6.07, 6.45) is 3.68. The van der Waals surface area contributed by atoms with E-state index >= 15 is 0 Å². The third kappa shape index (κ3) is 6.29. The third-order valence-corrected chi connectivity index (χ3v) is 6.68. The molecule has 11 heteroatoms. The SMILES string of the molecule is C=C/C=N\c1c(C(N)=O)c(N)nn1C.CCc1cc2cccc(C#Cc3nnc(C)s3)c2c(=O)n1-c1ccccc1. The van der Waals surface area contributed by atoms with Gasteiger partial charge in [-0.25, -0.2) is 9.67 Å². The molecular weight excluding hydrogens is 536 g/mol. The first-order valence-corrected chi connectivity index (χ1v) is 13.4. The molecule has 0 radical (unpaired) electrons. The number of nitrogens with two attached hydrogens (primary N) is 2. The fourth-order valence-electron chi connectivity index (χ4n) is 4.15. The van der Waals surface area contributed by atoms with Gasteiger partial charge in [-0.05, 0) is 48.9 Å². The lowest BCUT2D eigenvalue weighted by Gasteiger charge is -2.14. The van der Waals surface area contributed by atoms with Crippen LogP contribution in [0.5, 0.6) is 0 Å². The Morgan fingerprint density at radius 1 is 1.15 bits per heavy atom. The second-order valence-corrected chi connectivity index (χ2v) is 9.88. The fourth-order valence-corrected chi connectivity index (χ4v) is 4.70. The molecule has 206 valence electrons. The van der Waals surface area contributed by atoms with E-state index in [0.717, 1.165) is 28.2 Å². The number of aryl methyl sites for hydroxylation is 3. The number of anilines is 1. The number of hydrogen-bond acceptors (Lipinski definition) is 8.